The number of hydrogen-bond acceptors (Lipinski definition) is 2. The molecule has 0 radical (unpaired) electrons. The van der Waals surface area contributed by atoms with Gasteiger partial charge in [0.15, 0.2) is 0 Å². The molecule has 2 aromatic rings. The molecule has 1 atom stereocenters. The summed E-state index contributed by atoms with van der Waals surface area (Å²) >= 11 is 3.79. The Morgan fingerprint density at radius 1 is 0.909 bits per heavy atom. The van der Waals surface area contributed by atoms with Crippen LogP contribution >= 0.6 is 15.9 Å². The zero-order valence-corrected chi connectivity index (χ0v) is 14.0. The number of fused-ring (bicyclic) bond motifs is 2. The van der Waals surface area contributed by atoms with Crippen LogP contribution in [0.25, 0.3) is 10.6 Å². The van der Waals surface area contributed by atoms with E-state index >= 15 is 0 Å². The van der Waals surface area contributed by atoms with Gasteiger partial charge in [-0.3, -0.25) is 4.90 Å². The molecule has 1 aliphatic heterocycles. The molecule has 1 aliphatic carbocycles. The van der Waals surface area contributed by atoms with Gasteiger partial charge in [-0.25, -0.2) is 0 Å². The van der Waals surface area contributed by atoms with Crippen molar-refractivity contribution >= 4 is 26.5 Å². The predicted octanol–water partition coefficient (Wildman–Crippen LogP) is 3.89. The van der Waals surface area contributed by atoms with Crippen molar-refractivity contribution in [1.29, 1.82) is 0 Å². The lowest BCUT2D eigenvalue weighted by molar-refractivity contribution is 0.198. The number of halogens is 1. The third kappa shape index (κ3) is 2.43. The first-order valence-corrected chi connectivity index (χ1v) is 8.64. The van der Waals surface area contributed by atoms with Crippen LogP contribution in [0.4, 0.5) is 0 Å². The minimum absolute atomic E-state index is 0.334. The topological polar surface area (TPSA) is 15.3 Å². The minimum Gasteiger partial charge on any atom is -0.314 e. The number of rotatable bonds is 1. The lowest BCUT2D eigenvalue weighted by atomic mass is 9.92. The smallest absolute Gasteiger partial charge is 0.0614 e. The second-order valence-electron chi connectivity index (χ2n) is 5.90. The van der Waals surface area contributed by atoms with Crippen molar-refractivity contribution in [1.82, 2.24) is 10.2 Å². The van der Waals surface area contributed by atoms with Gasteiger partial charge in [0.25, 0.3) is 0 Å². The number of nitrogens with one attached hydrogen (secondary N) is 1. The van der Waals surface area contributed by atoms with Crippen molar-refractivity contribution in [3.63, 3.8) is 0 Å². The molecular formula is C19H19BrN2. The fourth-order valence-corrected chi connectivity index (χ4v) is 4.17. The van der Waals surface area contributed by atoms with E-state index in [2.05, 4.69) is 80.8 Å². The van der Waals surface area contributed by atoms with Crippen LogP contribution in [0, 0.1) is 0 Å². The fraction of sp³-hybridized carbons (Fsp3) is 0.263. The molecule has 1 unspecified atom stereocenters. The van der Waals surface area contributed by atoms with Gasteiger partial charge in [-0.15, -0.1) is 0 Å². The minimum atomic E-state index is 0.334. The Hall–Kier alpha value is -1.42. The molecule has 0 saturated carbocycles. The summed E-state index contributed by atoms with van der Waals surface area (Å²) in [6, 6.07) is 17.9. The zero-order chi connectivity index (χ0) is 14.9. The average molecular weight is 355 g/mol. The monoisotopic (exact) mass is 354 g/mol. The molecule has 4 rings (SSSR count). The summed E-state index contributed by atoms with van der Waals surface area (Å²) in [7, 11) is 0. The molecule has 1 fully saturated rings. The summed E-state index contributed by atoms with van der Waals surface area (Å²) < 4.78 is 1.17. The third-order valence-electron chi connectivity index (χ3n) is 4.60. The average Bonchev–Trinajstić information content (AvgIpc) is 2.70. The van der Waals surface area contributed by atoms with Gasteiger partial charge in [0.1, 0.15) is 0 Å². The van der Waals surface area contributed by atoms with E-state index in [1.54, 1.807) is 0 Å². The Kier molecular flexibility index (Phi) is 3.87. The summed E-state index contributed by atoms with van der Waals surface area (Å²) in [5.41, 5.74) is 5.43. The normalized spacial score (nSPS) is 21.5. The first kappa shape index (κ1) is 14.2. The molecule has 3 heteroatoms. The van der Waals surface area contributed by atoms with Crippen LogP contribution < -0.4 is 5.32 Å². The van der Waals surface area contributed by atoms with Gasteiger partial charge in [0.05, 0.1) is 6.04 Å². The van der Waals surface area contributed by atoms with Gasteiger partial charge in [0, 0.05) is 30.7 Å². The van der Waals surface area contributed by atoms with Crippen LogP contribution in [0.5, 0.6) is 0 Å². The van der Waals surface area contributed by atoms with Crippen molar-refractivity contribution < 1.29 is 0 Å². The number of hydrogen-bond donors (Lipinski definition) is 1. The van der Waals surface area contributed by atoms with E-state index in [9.17, 15) is 0 Å². The molecule has 0 spiro atoms. The molecule has 1 saturated heterocycles. The van der Waals surface area contributed by atoms with Crippen LogP contribution in [0.15, 0.2) is 48.5 Å². The second kappa shape index (κ2) is 5.99. The Labute approximate surface area is 140 Å². The zero-order valence-electron chi connectivity index (χ0n) is 12.4. The molecule has 112 valence electrons. The van der Waals surface area contributed by atoms with Crippen molar-refractivity contribution in [3.8, 4) is 0 Å². The molecule has 1 N–H and O–H groups in total. The van der Waals surface area contributed by atoms with Crippen molar-refractivity contribution in [2.45, 2.75) is 6.04 Å². The highest BCUT2D eigenvalue weighted by Crippen LogP contribution is 2.41. The highest BCUT2D eigenvalue weighted by Gasteiger charge is 2.29. The van der Waals surface area contributed by atoms with Crippen molar-refractivity contribution in [2.75, 3.05) is 26.2 Å². The van der Waals surface area contributed by atoms with Crippen LogP contribution in [0.1, 0.15) is 28.3 Å². The molecule has 2 aliphatic rings. The maximum Gasteiger partial charge on any atom is 0.0614 e. The van der Waals surface area contributed by atoms with Crippen LogP contribution in [0.2, 0.25) is 0 Å². The van der Waals surface area contributed by atoms with Gasteiger partial charge in [-0.05, 0) is 28.3 Å². The summed E-state index contributed by atoms with van der Waals surface area (Å²) in [6.07, 6.45) is 2.26. The Balaban J connectivity index is 1.92. The molecule has 22 heavy (non-hydrogen) atoms. The Morgan fingerprint density at radius 3 is 2.41 bits per heavy atom. The van der Waals surface area contributed by atoms with Crippen LogP contribution in [-0.4, -0.2) is 31.1 Å². The lowest BCUT2D eigenvalue weighted by Gasteiger charge is -2.36. The first-order valence-electron chi connectivity index (χ1n) is 7.85. The molecule has 0 aromatic heterocycles. The standard InChI is InChI=1S/C19H19BrN2/c20-18-13-14-5-1-2-6-15(14)19(22-11-9-21-10-12-22)17-8-4-3-7-16(17)18/h1-8,13,19,21H,9-12H2. The number of benzene rings is 2. The van der Waals surface area contributed by atoms with Crippen LogP contribution in [0.3, 0.4) is 0 Å². The lowest BCUT2D eigenvalue weighted by Crippen LogP contribution is -2.45. The van der Waals surface area contributed by atoms with Gasteiger partial charge >= 0.3 is 0 Å². The number of piperazine rings is 1. The van der Waals surface area contributed by atoms with E-state index in [0.29, 0.717) is 6.04 Å². The van der Waals surface area contributed by atoms with Gasteiger partial charge < -0.3 is 5.32 Å². The maximum absolute atomic E-state index is 3.79. The van der Waals surface area contributed by atoms with Crippen molar-refractivity contribution in [3.05, 3.63) is 70.8 Å². The van der Waals surface area contributed by atoms with E-state index < -0.39 is 0 Å². The molecule has 0 bridgehead atoms. The maximum atomic E-state index is 3.79. The van der Waals surface area contributed by atoms with Crippen LogP contribution in [-0.2, 0) is 0 Å². The van der Waals surface area contributed by atoms with E-state index in [-0.39, 0.29) is 0 Å². The van der Waals surface area contributed by atoms with Crippen molar-refractivity contribution in [2.24, 2.45) is 0 Å². The molecule has 0 amide bonds. The molecule has 2 aromatic carbocycles. The summed E-state index contributed by atoms with van der Waals surface area (Å²) in [4.78, 5) is 2.60. The summed E-state index contributed by atoms with van der Waals surface area (Å²) in [5.74, 6) is 0. The summed E-state index contributed by atoms with van der Waals surface area (Å²) in [5, 5.41) is 3.46. The highest BCUT2D eigenvalue weighted by molar-refractivity contribution is 9.15. The van der Waals surface area contributed by atoms with E-state index in [1.165, 1.54) is 26.7 Å². The van der Waals surface area contributed by atoms with Gasteiger partial charge in [-0.1, -0.05) is 64.5 Å². The van der Waals surface area contributed by atoms with E-state index in [1.807, 2.05) is 0 Å². The SMILES string of the molecule is BrC1=Cc2ccccc2C(N2CCNCC2)c2ccccc21. The summed E-state index contributed by atoms with van der Waals surface area (Å²) in [6.45, 7) is 4.31. The number of nitrogens with zero attached hydrogens (tertiary/aromatic N) is 1. The molecule has 2 nitrogen and oxygen atoms in total. The fourth-order valence-electron chi connectivity index (χ4n) is 3.56. The second-order valence-corrected chi connectivity index (χ2v) is 6.75. The molecular weight excluding hydrogens is 336 g/mol. The predicted molar refractivity (Wildman–Crippen MR) is 96.0 cm³/mol. The third-order valence-corrected chi connectivity index (χ3v) is 5.26. The van der Waals surface area contributed by atoms with Gasteiger partial charge in [-0.2, -0.15) is 0 Å². The first-order chi connectivity index (χ1) is 10.8. The van der Waals surface area contributed by atoms with E-state index in [0.717, 1.165) is 26.2 Å². The Morgan fingerprint density at radius 2 is 1.59 bits per heavy atom. The Bertz CT molecular complexity index is 717. The quantitative estimate of drug-likeness (QED) is 0.835. The largest absolute Gasteiger partial charge is 0.314 e. The highest BCUT2D eigenvalue weighted by atomic mass is 79.9. The van der Waals surface area contributed by atoms with Gasteiger partial charge in [0.2, 0.25) is 0 Å². The molecule has 1 heterocycles. The van der Waals surface area contributed by atoms with E-state index in [4.69, 9.17) is 0 Å².